The molecule has 0 unspecified atom stereocenters. The third-order valence-electron chi connectivity index (χ3n) is 4.58. The van der Waals surface area contributed by atoms with E-state index in [1.165, 1.54) is 49.7 Å². The minimum Gasteiger partial charge on any atom is -0.294 e. The van der Waals surface area contributed by atoms with Gasteiger partial charge in [-0.2, -0.15) is 0 Å². The van der Waals surface area contributed by atoms with Crippen LogP contribution in [0.15, 0.2) is 48.5 Å². The number of aryl methyl sites for hydroxylation is 2. The monoisotopic (exact) mass is 322 g/mol. The second-order valence-corrected chi connectivity index (χ2v) is 6.80. The zero-order chi connectivity index (χ0) is 17.2. The van der Waals surface area contributed by atoms with Gasteiger partial charge in [-0.05, 0) is 30.9 Å². The van der Waals surface area contributed by atoms with Crippen LogP contribution in [-0.4, -0.2) is 5.78 Å². The van der Waals surface area contributed by atoms with Gasteiger partial charge in [-0.15, -0.1) is 0 Å². The third kappa shape index (κ3) is 6.31. The van der Waals surface area contributed by atoms with Gasteiger partial charge in [0.1, 0.15) is 0 Å². The molecule has 0 saturated heterocycles. The minimum absolute atomic E-state index is 0.199. The van der Waals surface area contributed by atoms with E-state index in [4.69, 9.17) is 0 Å². The number of ketones is 1. The van der Waals surface area contributed by atoms with E-state index in [1.54, 1.807) is 0 Å². The number of benzene rings is 2. The highest BCUT2D eigenvalue weighted by atomic mass is 16.1. The van der Waals surface area contributed by atoms with Gasteiger partial charge >= 0.3 is 0 Å². The van der Waals surface area contributed by atoms with Crippen molar-refractivity contribution in [2.45, 2.75) is 65.2 Å². The lowest BCUT2D eigenvalue weighted by atomic mass is 9.99. The normalized spacial score (nSPS) is 10.8. The molecule has 0 heterocycles. The molecular weight excluding hydrogens is 292 g/mol. The fourth-order valence-corrected chi connectivity index (χ4v) is 2.96. The van der Waals surface area contributed by atoms with Crippen molar-refractivity contribution < 1.29 is 4.79 Å². The Balaban J connectivity index is 1.78. The molecule has 1 nitrogen and oxygen atoms in total. The average Bonchev–Trinajstić information content (AvgIpc) is 2.60. The molecular formula is C23H30O. The summed E-state index contributed by atoms with van der Waals surface area (Å²) in [7, 11) is 0. The second-order valence-electron chi connectivity index (χ2n) is 6.80. The van der Waals surface area contributed by atoms with Crippen LogP contribution in [0.2, 0.25) is 0 Å². The highest BCUT2D eigenvalue weighted by Crippen LogP contribution is 2.13. The summed E-state index contributed by atoms with van der Waals surface area (Å²) in [5, 5.41) is 0. The van der Waals surface area contributed by atoms with E-state index in [0.717, 1.165) is 17.5 Å². The lowest BCUT2D eigenvalue weighted by Gasteiger charge is -2.05. The second kappa shape index (κ2) is 10.1. The lowest BCUT2D eigenvalue weighted by Crippen LogP contribution is -2.03. The summed E-state index contributed by atoms with van der Waals surface area (Å²) in [6, 6.07) is 16.4. The largest absolute Gasteiger partial charge is 0.294 e. The smallest absolute Gasteiger partial charge is 0.167 e. The first-order chi connectivity index (χ1) is 11.7. The molecule has 1 heteroatoms. The molecule has 2 aromatic rings. The van der Waals surface area contributed by atoms with Gasteiger partial charge in [0.2, 0.25) is 0 Å². The fourth-order valence-electron chi connectivity index (χ4n) is 2.96. The number of rotatable bonds is 10. The molecule has 0 aromatic heterocycles. The summed E-state index contributed by atoms with van der Waals surface area (Å²) in [5.74, 6) is 0.199. The maximum atomic E-state index is 12.4. The maximum Gasteiger partial charge on any atom is 0.167 e. The van der Waals surface area contributed by atoms with Crippen molar-refractivity contribution in [3.63, 3.8) is 0 Å². The van der Waals surface area contributed by atoms with Crippen LogP contribution in [0.25, 0.3) is 0 Å². The van der Waals surface area contributed by atoms with Crippen LogP contribution in [0.5, 0.6) is 0 Å². The Labute approximate surface area is 147 Å². The molecule has 0 aliphatic rings. The molecule has 0 bridgehead atoms. The molecule has 128 valence electrons. The van der Waals surface area contributed by atoms with Gasteiger partial charge in [0, 0.05) is 12.0 Å². The zero-order valence-electron chi connectivity index (χ0n) is 15.2. The topological polar surface area (TPSA) is 17.1 Å². The van der Waals surface area contributed by atoms with Gasteiger partial charge in [-0.3, -0.25) is 4.79 Å². The van der Waals surface area contributed by atoms with E-state index >= 15 is 0 Å². The van der Waals surface area contributed by atoms with Gasteiger partial charge < -0.3 is 0 Å². The van der Waals surface area contributed by atoms with E-state index in [-0.39, 0.29) is 5.78 Å². The van der Waals surface area contributed by atoms with Crippen LogP contribution in [0.3, 0.4) is 0 Å². The first kappa shape index (κ1) is 18.4. The number of hydrogen-bond donors (Lipinski definition) is 0. The van der Waals surface area contributed by atoms with Crippen molar-refractivity contribution in [2.24, 2.45) is 0 Å². The van der Waals surface area contributed by atoms with Crippen molar-refractivity contribution in [3.05, 3.63) is 70.8 Å². The standard InChI is InChI=1S/C23H30O/c1-3-4-5-6-7-8-9-20-14-16-22(17-15-20)23(24)18-21-12-10-19(2)11-13-21/h10-17H,3-9,18H2,1-2H3. The first-order valence-corrected chi connectivity index (χ1v) is 9.36. The molecule has 24 heavy (non-hydrogen) atoms. The summed E-state index contributed by atoms with van der Waals surface area (Å²) >= 11 is 0. The lowest BCUT2D eigenvalue weighted by molar-refractivity contribution is 0.0993. The van der Waals surface area contributed by atoms with Crippen molar-refractivity contribution in [1.82, 2.24) is 0 Å². The molecule has 0 aliphatic heterocycles. The molecule has 2 rings (SSSR count). The van der Waals surface area contributed by atoms with Crippen molar-refractivity contribution in [3.8, 4) is 0 Å². The Morgan fingerprint density at radius 2 is 1.33 bits per heavy atom. The quantitative estimate of drug-likeness (QED) is 0.369. The van der Waals surface area contributed by atoms with E-state index in [2.05, 4.69) is 38.1 Å². The van der Waals surface area contributed by atoms with Crippen LogP contribution in [0.1, 0.15) is 72.5 Å². The summed E-state index contributed by atoms with van der Waals surface area (Å²) < 4.78 is 0. The van der Waals surface area contributed by atoms with E-state index in [0.29, 0.717) is 6.42 Å². The molecule has 0 N–H and O–H groups in total. The van der Waals surface area contributed by atoms with Crippen LogP contribution in [0, 0.1) is 6.92 Å². The van der Waals surface area contributed by atoms with Gasteiger partial charge in [0.05, 0.1) is 0 Å². The van der Waals surface area contributed by atoms with Gasteiger partial charge in [-0.1, -0.05) is 93.1 Å². The van der Waals surface area contributed by atoms with E-state index in [9.17, 15) is 4.79 Å². The molecule has 0 fully saturated rings. The van der Waals surface area contributed by atoms with Gasteiger partial charge in [-0.25, -0.2) is 0 Å². The van der Waals surface area contributed by atoms with Gasteiger partial charge in [0.15, 0.2) is 5.78 Å². The van der Waals surface area contributed by atoms with E-state index < -0.39 is 0 Å². The van der Waals surface area contributed by atoms with Crippen molar-refractivity contribution in [1.29, 1.82) is 0 Å². The average molecular weight is 322 g/mol. The molecule has 0 amide bonds. The molecule has 0 aliphatic carbocycles. The molecule has 2 aromatic carbocycles. The fraction of sp³-hybridized carbons (Fsp3) is 0.435. The molecule has 0 radical (unpaired) electrons. The Bertz CT molecular complexity index is 607. The highest BCUT2D eigenvalue weighted by Gasteiger charge is 2.07. The summed E-state index contributed by atoms with van der Waals surface area (Å²) in [5.41, 5.74) is 4.48. The Kier molecular flexibility index (Phi) is 7.74. The first-order valence-electron chi connectivity index (χ1n) is 9.36. The predicted molar refractivity (Wildman–Crippen MR) is 103 cm³/mol. The molecule has 0 atom stereocenters. The number of carbonyl (C=O) groups excluding carboxylic acids is 1. The Morgan fingerprint density at radius 1 is 0.750 bits per heavy atom. The van der Waals surface area contributed by atoms with Crippen molar-refractivity contribution in [2.75, 3.05) is 0 Å². The minimum atomic E-state index is 0.199. The van der Waals surface area contributed by atoms with Crippen LogP contribution in [0.4, 0.5) is 0 Å². The number of Topliss-reactive ketones (excluding diaryl/α,β-unsaturated/α-hetero) is 1. The van der Waals surface area contributed by atoms with Crippen LogP contribution < -0.4 is 0 Å². The third-order valence-corrected chi connectivity index (χ3v) is 4.58. The van der Waals surface area contributed by atoms with Crippen LogP contribution >= 0.6 is 0 Å². The molecule has 0 saturated carbocycles. The molecule has 0 spiro atoms. The zero-order valence-corrected chi connectivity index (χ0v) is 15.2. The van der Waals surface area contributed by atoms with Crippen molar-refractivity contribution >= 4 is 5.78 Å². The number of unbranched alkanes of at least 4 members (excludes halogenated alkanes) is 5. The summed E-state index contributed by atoms with van der Waals surface area (Å²) in [6.07, 6.45) is 9.55. The predicted octanol–water partition coefficient (Wildman–Crippen LogP) is 6.32. The number of hydrogen-bond acceptors (Lipinski definition) is 1. The Morgan fingerprint density at radius 3 is 2.00 bits per heavy atom. The summed E-state index contributed by atoms with van der Waals surface area (Å²) in [4.78, 5) is 12.4. The maximum absolute atomic E-state index is 12.4. The SMILES string of the molecule is CCCCCCCCc1ccc(C(=O)Cc2ccc(C)cc2)cc1. The summed E-state index contributed by atoms with van der Waals surface area (Å²) in [6.45, 7) is 4.32. The van der Waals surface area contributed by atoms with E-state index in [1.807, 2.05) is 24.3 Å². The van der Waals surface area contributed by atoms with Gasteiger partial charge in [0.25, 0.3) is 0 Å². The Hall–Kier alpha value is -1.89. The highest BCUT2D eigenvalue weighted by molar-refractivity contribution is 5.97. The van der Waals surface area contributed by atoms with Crippen LogP contribution in [-0.2, 0) is 12.8 Å². The number of carbonyl (C=O) groups is 1.